The molecule has 0 spiro atoms. The highest BCUT2D eigenvalue weighted by Gasteiger charge is 2.36. The number of hydrogen-bond donors (Lipinski definition) is 3. The van der Waals surface area contributed by atoms with Gasteiger partial charge in [-0.15, -0.1) is 0 Å². The van der Waals surface area contributed by atoms with Gasteiger partial charge in [0.25, 0.3) is 5.91 Å². The highest BCUT2D eigenvalue weighted by molar-refractivity contribution is 6.04. The number of alkyl carbamates (subject to hydrolysis) is 1. The van der Waals surface area contributed by atoms with Crippen molar-refractivity contribution in [1.82, 2.24) is 30.2 Å². The maximum Gasteiger partial charge on any atom is 0.416 e. The lowest BCUT2D eigenvalue weighted by atomic mass is 10.0. The first-order valence-corrected chi connectivity index (χ1v) is 15.0. The molecule has 5 rings (SSSR count). The number of amides is 2. The molecule has 2 aromatic heterocycles. The Morgan fingerprint density at radius 3 is 2.53 bits per heavy atom. The quantitative estimate of drug-likeness (QED) is 0.191. The molecule has 0 aliphatic carbocycles. The summed E-state index contributed by atoms with van der Waals surface area (Å²) in [6.45, 7) is 7.49. The van der Waals surface area contributed by atoms with Crippen LogP contribution < -0.4 is 16.0 Å². The number of halogens is 3. The van der Waals surface area contributed by atoms with E-state index in [1.807, 2.05) is 6.92 Å². The molecule has 14 heteroatoms. The molecule has 1 saturated heterocycles. The summed E-state index contributed by atoms with van der Waals surface area (Å²) in [4.78, 5) is 44.0. The number of nitrogens with one attached hydrogen (secondary N) is 3. The van der Waals surface area contributed by atoms with E-state index in [2.05, 4.69) is 35.9 Å². The van der Waals surface area contributed by atoms with Gasteiger partial charge >= 0.3 is 12.3 Å². The van der Waals surface area contributed by atoms with Crippen LogP contribution in [0.4, 0.5) is 35.3 Å². The summed E-state index contributed by atoms with van der Waals surface area (Å²) in [5.74, 6) is -0.408. The van der Waals surface area contributed by atoms with E-state index in [-0.39, 0.29) is 17.7 Å². The first kappa shape index (κ1) is 33.3. The summed E-state index contributed by atoms with van der Waals surface area (Å²) in [6.07, 6.45) is 1.73. The van der Waals surface area contributed by atoms with Gasteiger partial charge in [0.2, 0.25) is 5.95 Å². The molecule has 2 amide bonds. The summed E-state index contributed by atoms with van der Waals surface area (Å²) >= 11 is 0. The van der Waals surface area contributed by atoms with Crippen LogP contribution in [0.3, 0.4) is 0 Å². The minimum Gasteiger partial charge on any atom is -0.444 e. The van der Waals surface area contributed by atoms with E-state index in [0.717, 1.165) is 11.6 Å². The van der Waals surface area contributed by atoms with Crippen LogP contribution in [0.5, 0.6) is 0 Å². The summed E-state index contributed by atoms with van der Waals surface area (Å²) in [7, 11) is 0. The predicted molar refractivity (Wildman–Crippen MR) is 170 cm³/mol. The highest BCUT2D eigenvalue weighted by atomic mass is 19.4. The monoisotopic (exact) mass is 648 g/mol. The number of benzene rings is 2. The van der Waals surface area contributed by atoms with E-state index in [4.69, 9.17) is 4.74 Å². The highest BCUT2D eigenvalue weighted by Crippen LogP contribution is 2.35. The van der Waals surface area contributed by atoms with Crippen LogP contribution in [0, 0.1) is 6.92 Å². The lowest BCUT2D eigenvalue weighted by Crippen LogP contribution is -2.46. The van der Waals surface area contributed by atoms with Gasteiger partial charge in [-0.1, -0.05) is 12.1 Å². The minimum absolute atomic E-state index is 0.00180. The van der Waals surface area contributed by atoms with Crippen LogP contribution in [0.1, 0.15) is 60.7 Å². The fraction of sp³-hybridized carbons (Fsp3) is 0.333. The molecule has 47 heavy (non-hydrogen) atoms. The van der Waals surface area contributed by atoms with Crippen molar-refractivity contribution in [2.75, 3.05) is 17.2 Å². The van der Waals surface area contributed by atoms with Gasteiger partial charge in [0.1, 0.15) is 11.9 Å². The second kappa shape index (κ2) is 13.7. The van der Waals surface area contributed by atoms with Crippen molar-refractivity contribution in [3.8, 4) is 11.3 Å². The van der Waals surface area contributed by atoms with Gasteiger partial charge in [0, 0.05) is 54.2 Å². The van der Waals surface area contributed by atoms with Gasteiger partial charge in [-0.2, -0.15) is 13.2 Å². The zero-order valence-corrected chi connectivity index (χ0v) is 26.4. The number of alkyl halides is 3. The molecule has 3 heterocycles. The lowest BCUT2D eigenvalue weighted by molar-refractivity contribution is -0.138. The third-order valence-corrected chi connectivity index (χ3v) is 7.35. The van der Waals surface area contributed by atoms with Crippen LogP contribution in [-0.2, 0) is 17.5 Å². The smallest absolute Gasteiger partial charge is 0.416 e. The van der Waals surface area contributed by atoms with Gasteiger partial charge in [-0.3, -0.25) is 9.69 Å². The third-order valence-electron chi connectivity index (χ3n) is 7.35. The second-order valence-corrected chi connectivity index (χ2v) is 12.1. The average molecular weight is 649 g/mol. The Morgan fingerprint density at radius 1 is 1.04 bits per heavy atom. The molecule has 1 fully saturated rings. The van der Waals surface area contributed by atoms with Crippen molar-refractivity contribution in [2.24, 2.45) is 0 Å². The van der Waals surface area contributed by atoms with Gasteiger partial charge < -0.3 is 20.7 Å². The van der Waals surface area contributed by atoms with Crippen LogP contribution in [0.25, 0.3) is 11.3 Å². The molecular weight excluding hydrogens is 613 g/mol. The molecule has 0 bridgehead atoms. The molecule has 4 aromatic rings. The van der Waals surface area contributed by atoms with E-state index in [9.17, 15) is 22.8 Å². The van der Waals surface area contributed by atoms with Crippen LogP contribution in [-0.4, -0.2) is 55.1 Å². The van der Waals surface area contributed by atoms with Crippen molar-refractivity contribution >= 4 is 29.3 Å². The summed E-state index contributed by atoms with van der Waals surface area (Å²) in [5, 5.41) is 8.58. The third kappa shape index (κ3) is 8.79. The van der Waals surface area contributed by atoms with Crippen molar-refractivity contribution in [1.29, 1.82) is 0 Å². The topological polar surface area (TPSA) is 134 Å². The van der Waals surface area contributed by atoms with Crippen molar-refractivity contribution < 1.29 is 27.5 Å². The van der Waals surface area contributed by atoms with Crippen LogP contribution >= 0.6 is 0 Å². The Morgan fingerprint density at radius 2 is 1.81 bits per heavy atom. The molecule has 2 aromatic carbocycles. The Kier molecular flexibility index (Phi) is 9.70. The maximum absolute atomic E-state index is 14.3. The lowest BCUT2D eigenvalue weighted by Gasteiger charge is -2.28. The standard InChI is InChI=1S/C33H35F3N8O3/c1-20-7-10-24(15-27(20)42-30-39-12-11-26(41-30)23-16-37-19-38-17-23)40-29(45)21-8-9-22(25(14-21)33(34,35)36)18-44-13-5-6-28(44)43-31(46)47-32(2,3)4/h7-12,14-17,19,28H,5-6,13,18H2,1-4H3,(H,40,45)(H,43,46)(H,39,41,42). The maximum atomic E-state index is 14.3. The molecule has 246 valence electrons. The number of aryl methyl sites for hydroxylation is 1. The number of hydrogen-bond acceptors (Lipinski definition) is 9. The molecule has 0 radical (unpaired) electrons. The van der Waals surface area contributed by atoms with Gasteiger partial charge in [0.15, 0.2) is 0 Å². The van der Waals surface area contributed by atoms with E-state index < -0.39 is 35.5 Å². The Labute approximate surface area is 270 Å². The summed E-state index contributed by atoms with van der Waals surface area (Å²) in [5.41, 5.74) is 1.32. The fourth-order valence-corrected chi connectivity index (χ4v) is 5.13. The zero-order valence-electron chi connectivity index (χ0n) is 26.4. The molecule has 1 aliphatic heterocycles. The SMILES string of the molecule is Cc1ccc(NC(=O)c2ccc(CN3CCCC3NC(=O)OC(C)(C)C)c(C(F)(F)F)c2)cc1Nc1nccc(-c2cncnc2)n1. The number of anilines is 3. The molecule has 11 nitrogen and oxygen atoms in total. The Bertz CT molecular complexity index is 1750. The first-order valence-electron chi connectivity index (χ1n) is 15.0. The van der Waals surface area contributed by atoms with Crippen LogP contribution in [0.2, 0.25) is 0 Å². The van der Waals surface area contributed by atoms with Crippen LogP contribution in [0.15, 0.2) is 67.4 Å². The number of carbonyl (C=O) groups excluding carboxylic acids is 2. The molecule has 1 atom stereocenters. The van der Waals surface area contributed by atoms with E-state index in [1.54, 1.807) is 68.5 Å². The molecule has 3 N–H and O–H groups in total. The number of aromatic nitrogens is 4. The largest absolute Gasteiger partial charge is 0.444 e. The molecule has 1 aliphatic rings. The number of likely N-dealkylation sites (tertiary alicyclic amines) is 1. The second-order valence-electron chi connectivity index (χ2n) is 12.1. The van der Waals surface area contributed by atoms with Crippen molar-refractivity contribution in [3.05, 3.63) is 89.6 Å². The fourth-order valence-electron chi connectivity index (χ4n) is 5.13. The van der Waals surface area contributed by atoms with Gasteiger partial charge in [0.05, 0.1) is 17.4 Å². The van der Waals surface area contributed by atoms with E-state index >= 15 is 0 Å². The summed E-state index contributed by atoms with van der Waals surface area (Å²) < 4.78 is 48.1. The zero-order chi connectivity index (χ0) is 33.8. The van der Waals surface area contributed by atoms with Gasteiger partial charge in [-0.25, -0.2) is 24.7 Å². The summed E-state index contributed by atoms with van der Waals surface area (Å²) in [6, 6.07) is 10.3. The molecule has 1 unspecified atom stereocenters. The molecular formula is C33H35F3N8O3. The number of ether oxygens (including phenoxy) is 1. The van der Waals surface area contributed by atoms with E-state index in [1.165, 1.54) is 18.5 Å². The minimum atomic E-state index is -4.71. The predicted octanol–water partition coefficient (Wildman–Crippen LogP) is 6.70. The van der Waals surface area contributed by atoms with Crippen molar-refractivity contribution in [2.45, 2.75) is 65.0 Å². The van der Waals surface area contributed by atoms with Crippen molar-refractivity contribution in [3.63, 3.8) is 0 Å². The Hall–Kier alpha value is -5.11. The van der Waals surface area contributed by atoms with E-state index in [0.29, 0.717) is 48.0 Å². The van der Waals surface area contributed by atoms with Gasteiger partial charge in [-0.05, 0) is 82.0 Å². The Balaban J connectivity index is 1.30. The number of rotatable bonds is 8. The first-order chi connectivity index (χ1) is 22.2. The normalized spacial score (nSPS) is 15.3. The molecule has 0 saturated carbocycles. The number of carbonyl (C=O) groups is 2. The average Bonchev–Trinajstić information content (AvgIpc) is 3.44. The number of nitrogens with zero attached hydrogens (tertiary/aromatic N) is 5.